The van der Waals surface area contributed by atoms with E-state index in [0.29, 0.717) is 17.9 Å². The van der Waals surface area contributed by atoms with Crippen LogP contribution in [0, 0.1) is 25.7 Å². The molecular formula is C15H15N3O3. The standard InChI is InChI=1S/C15H15N3O3/c1-10-11(2)18-21-15(10)17-14(20)13-7-6-12(9-16-13)5-3-4-8-19/h6-7,9,19H,4,8H2,1-2H3,(H,17,20). The molecule has 2 aromatic rings. The number of nitrogens with one attached hydrogen (secondary N) is 1. The lowest BCUT2D eigenvalue weighted by molar-refractivity contribution is 0.101. The zero-order valence-corrected chi connectivity index (χ0v) is 11.8. The molecule has 0 bridgehead atoms. The third-order valence-corrected chi connectivity index (χ3v) is 2.85. The Labute approximate surface area is 122 Å². The molecule has 1 amide bonds. The van der Waals surface area contributed by atoms with E-state index in [0.717, 1.165) is 11.3 Å². The minimum absolute atomic E-state index is 0.0247. The van der Waals surface area contributed by atoms with Gasteiger partial charge in [-0.1, -0.05) is 17.0 Å². The predicted octanol–water partition coefficient (Wildman–Crippen LogP) is 1.67. The van der Waals surface area contributed by atoms with Crippen LogP contribution in [0.3, 0.4) is 0 Å². The maximum absolute atomic E-state index is 12.0. The number of anilines is 1. The van der Waals surface area contributed by atoms with E-state index in [1.807, 2.05) is 6.92 Å². The lowest BCUT2D eigenvalue weighted by atomic mass is 10.2. The molecule has 6 heteroatoms. The van der Waals surface area contributed by atoms with E-state index >= 15 is 0 Å². The monoisotopic (exact) mass is 285 g/mol. The van der Waals surface area contributed by atoms with Gasteiger partial charge in [0.15, 0.2) is 0 Å². The maximum Gasteiger partial charge on any atom is 0.276 e. The van der Waals surface area contributed by atoms with Crippen LogP contribution in [0.5, 0.6) is 0 Å². The molecule has 0 fully saturated rings. The van der Waals surface area contributed by atoms with E-state index < -0.39 is 0 Å². The Morgan fingerprint density at radius 3 is 2.81 bits per heavy atom. The molecule has 0 saturated heterocycles. The van der Waals surface area contributed by atoms with Gasteiger partial charge in [0.1, 0.15) is 5.69 Å². The van der Waals surface area contributed by atoms with Crippen LogP contribution in [0.4, 0.5) is 5.88 Å². The van der Waals surface area contributed by atoms with Crippen molar-refractivity contribution in [3.05, 3.63) is 40.8 Å². The molecule has 2 rings (SSSR count). The third-order valence-electron chi connectivity index (χ3n) is 2.85. The van der Waals surface area contributed by atoms with Crippen LogP contribution in [0.15, 0.2) is 22.9 Å². The Morgan fingerprint density at radius 1 is 1.43 bits per heavy atom. The van der Waals surface area contributed by atoms with Gasteiger partial charge in [-0.05, 0) is 26.0 Å². The summed E-state index contributed by atoms with van der Waals surface area (Å²) in [7, 11) is 0. The second kappa shape index (κ2) is 6.68. The van der Waals surface area contributed by atoms with Crippen molar-refractivity contribution >= 4 is 11.8 Å². The number of hydrogen-bond acceptors (Lipinski definition) is 5. The Hall–Kier alpha value is -2.65. The Kier molecular flexibility index (Phi) is 4.69. The Morgan fingerprint density at radius 2 is 2.24 bits per heavy atom. The fourth-order valence-electron chi connectivity index (χ4n) is 1.52. The molecule has 0 atom stereocenters. The predicted molar refractivity (Wildman–Crippen MR) is 76.7 cm³/mol. The summed E-state index contributed by atoms with van der Waals surface area (Å²) in [6, 6.07) is 3.28. The first-order chi connectivity index (χ1) is 10.1. The number of aromatic nitrogens is 2. The van der Waals surface area contributed by atoms with Crippen LogP contribution in [0.1, 0.15) is 33.7 Å². The van der Waals surface area contributed by atoms with Crippen LogP contribution < -0.4 is 5.32 Å². The van der Waals surface area contributed by atoms with Gasteiger partial charge in [0.2, 0.25) is 5.88 Å². The van der Waals surface area contributed by atoms with E-state index in [4.69, 9.17) is 9.63 Å². The average Bonchev–Trinajstić information content (AvgIpc) is 2.80. The molecule has 0 radical (unpaired) electrons. The molecule has 0 aliphatic rings. The molecule has 6 nitrogen and oxygen atoms in total. The van der Waals surface area contributed by atoms with Gasteiger partial charge < -0.3 is 9.63 Å². The molecule has 21 heavy (non-hydrogen) atoms. The van der Waals surface area contributed by atoms with E-state index in [1.165, 1.54) is 6.20 Å². The second-order valence-corrected chi connectivity index (χ2v) is 4.38. The lowest BCUT2D eigenvalue weighted by Gasteiger charge is -2.01. The summed E-state index contributed by atoms with van der Waals surface area (Å²) in [5.41, 5.74) is 2.46. The normalized spacial score (nSPS) is 9.86. The quantitative estimate of drug-likeness (QED) is 0.837. The SMILES string of the molecule is Cc1noc(NC(=O)c2ccc(C#CCCO)cn2)c1C. The number of aryl methyl sites for hydroxylation is 1. The number of aliphatic hydroxyl groups excluding tert-OH is 1. The number of nitrogens with zero attached hydrogens (tertiary/aromatic N) is 2. The van der Waals surface area contributed by atoms with Crippen molar-refractivity contribution in [2.24, 2.45) is 0 Å². The minimum Gasteiger partial charge on any atom is -0.395 e. The molecule has 108 valence electrons. The number of aliphatic hydroxyl groups is 1. The topological polar surface area (TPSA) is 88.2 Å². The van der Waals surface area contributed by atoms with Crippen LogP contribution in [-0.4, -0.2) is 27.8 Å². The summed E-state index contributed by atoms with van der Waals surface area (Å²) in [6.07, 6.45) is 1.92. The summed E-state index contributed by atoms with van der Waals surface area (Å²) in [5, 5.41) is 15.0. The largest absolute Gasteiger partial charge is 0.395 e. The number of pyridine rings is 1. The van der Waals surface area contributed by atoms with Crippen molar-refractivity contribution < 1.29 is 14.4 Å². The molecule has 2 heterocycles. The summed E-state index contributed by atoms with van der Waals surface area (Å²) in [4.78, 5) is 16.1. The highest BCUT2D eigenvalue weighted by molar-refractivity contribution is 6.02. The number of rotatable bonds is 3. The van der Waals surface area contributed by atoms with Gasteiger partial charge in [-0.15, -0.1) is 0 Å². The maximum atomic E-state index is 12.0. The lowest BCUT2D eigenvalue weighted by Crippen LogP contribution is -2.13. The highest BCUT2D eigenvalue weighted by atomic mass is 16.5. The first-order valence-electron chi connectivity index (χ1n) is 6.42. The van der Waals surface area contributed by atoms with Gasteiger partial charge in [-0.2, -0.15) is 0 Å². The van der Waals surface area contributed by atoms with Gasteiger partial charge in [0, 0.05) is 23.7 Å². The van der Waals surface area contributed by atoms with Gasteiger partial charge in [-0.3, -0.25) is 10.1 Å². The Balaban J connectivity index is 2.07. The van der Waals surface area contributed by atoms with Crippen LogP contribution in [0.25, 0.3) is 0 Å². The minimum atomic E-state index is -0.371. The van der Waals surface area contributed by atoms with Crippen LogP contribution >= 0.6 is 0 Å². The molecule has 0 spiro atoms. The van der Waals surface area contributed by atoms with Gasteiger partial charge in [0.25, 0.3) is 5.91 Å². The number of hydrogen-bond donors (Lipinski definition) is 2. The molecule has 0 aliphatic heterocycles. The highest BCUT2D eigenvalue weighted by Crippen LogP contribution is 2.17. The fourth-order valence-corrected chi connectivity index (χ4v) is 1.52. The van der Waals surface area contributed by atoms with Gasteiger partial charge >= 0.3 is 0 Å². The van der Waals surface area contributed by atoms with Crippen molar-refractivity contribution in [3.63, 3.8) is 0 Å². The van der Waals surface area contributed by atoms with Crippen molar-refractivity contribution in [1.82, 2.24) is 10.1 Å². The third kappa shape index (κ3) is 3.68. The first-order valence-corrected chi connectivity index (χ1v) is 6.42. The van der Waals surface area contributed by atoms with Crippen molar-refractivity contribution in [3.8, 4) is 11.8 Å². The van der Waals surface area contributed by atoms with Crippen molar-refractivity contribution in [1.29, 1.82) is 0 Å². The average molecular weight is 285 g/mol. The molecule has 0 aromatic carbocycles. The van der Waals surface area contributed by atoms with E-state index in [1.54, 1.807) is 19.1 Å². The van der Waals surface area contributed by atoms with Crippen LogP contribution in [-0.2, 0) is 0 Å². The number of carbonyl (C=O) groups excluding carboxylic acids is 1. The van der Waals surface area contributed by atoms with E-state index in [2.05, 4.69) is 27.3 Å². The van der Waals surface area contributed by atoms with E-state index in [-0.39, 0.29) is 18.2 Å². The fraction of sp³-hybridized carbons (Fsp3) is 0.267. The first kappa shape index (κ1) is 14.8. The second-order valence-electron chi connectivity index (χ2n) is 4.38. The van der Waals surface area contributed by atoms with Crippen LogP contribution in [0.2, 0.25) is 0 Å². The Bertz CT molecular complexity index is 693. The molecule has 0 unspecified atom stereocenters. The summed E-state index contributed by atoms with van der Waals surface area (Å²) < 4.78 is 5.02. The van der Waals surface area contributed by atoms with Gasteiger partial charge in [0.05, 0.1) is 12.3 Å². The van der Waals surface area contributed by atoms with Crippen molar-refractivity contribution in [2.75, 3.05) is 11.9 Å². The van der Waals surface area contributed by atoms with E-state index in [9.17, 15) is 4.79 Å². The number of carbonyl (C=O) groups is 1. The molecule has 0 saturated carbocycles. The zero-order valence-electron chi connectivity index (χ0n) is 11.8. The molecule has 2 N–H and O–H groups in total. The van der Waals surface area contributed by atoms with Gasteiger partial charge in [-0.25, -0.2) is 4.98 Å². The summed E-state index contributed by atoms with van der Waals surface area (Å²) in [5.74, 6) is 5.58. The zero-order chi connectivity index (χ0) is 15.2. The molecule has 2 aromatic heterocycles. The number of amides is 1. The highest BCUT2D eigenvalue weighted by Gasteiger charge is 2.13. The van der Waals surface area contributed by atoms with Crippen molar-refractivity contribution in [2.45, 2.75) is 20.3 Å². The summed E-state index contributed by atoms with van der Waals surface area (Å²) >= 11 is 0. The smallest absolute Gasteiger partial charge is 0.276 e. The molecule has 0 aliphatic carbocycles. The molecular weight excluding hydrogens is 270 g/mol. The summed E-state index contributed by atoms with van der Waals surface area (Å²) in [6.45, 7) is 3.64.